The van der Waals surface area contributed by atoms with Crippen LogP contribution >= 0.6 is 0 Å². The first kappa shape index (κ1) is 12.3. The van der Waals surface area contributed by atoms with Crippen LogP contribution in [0.4, 0.5) is 17.1 Å². The predicted octanol–water partition coefficient (Wildman–Crippen LogP) is 0.637. The number of rotatable bonds is 4. The predicted molar refractivity (Wildman–Crippen MR) is 71.5 cm³/mol. The highest BCUT2D eigenvalue weighted by atomic mass is 16.5. The zero-order valence-corrected chi connectivity index (χ0v) is 10.5. The van der Waals surface area contributed by atoms with Crippen LogP contribution in [0.25, 0.3) is 0 Å². The Kier molecular flexibility index (Phi) is 3.12. The standard InChI is InChI=1S/C12H13N5O3/c13-7-3-10-9(16-12(18)5-19-10)4-8(7)14-2-1-11-15-6-20-17-11/h3-4,6,14H,1-2,5,13H2,(H,16,18). The Balaban J connectivity index is 1.69. The van der Waals surface area contributed by atoms with E-state index in [2.05, 4.69) is 25.3 Å². The first-order valence-electron chi connectivity index (χ1n) is 6.07. The van der Waals surface area contributed by atoms with Gasteiger partial charge in [0.15, 0.2) is 12.4 Å². The van der Waals surface area contributed by atoms with Gasteiger partial charge in [-0.1, -0.05) is 5.16 Å². The lowest BCUT2D eigenvalue weighted by Gasteiger charge is -2.20. The number of carbonyl (C=O) groups is 1. The van der Waals surface area contributed by atoms with Crippen molar-refractivity contribution in [2.75, 3.05) is 29.5 Å². The van der Waals surface area contributed by atoms with E-state index >= 15 is 0 Å². The number of nitrogen functional groups attached to an aromatic ring is 1. The van der Waals surface area contributed by atoms with Gasteiger partial charge in [-0.25, -0.2) is 0 Å². The second-order valence-electron chi connectivity index (χ2n) is 4.30. The van der Waals surface area contributed by atoms with Crippen LogP contribution in [0, 0.1) is 0 Å². The van der Waals surface area contributed by atoms with Crippen LogP contribution < -0.4 is 21.1 Å². The molecule has 0 aliphatic carbocycles. The Labute approximate surface area is 114 Å². The average molecular weight is 275 g/mol. The van der Waals surface area contributed by atoms with Gasteiger partial charge in [0.25, 0.3) is 5.91 Å². The number of carbonyl (C=O) groups excluding carboxylic acids is 1. The number of anilines is 3. The molecule has 8 heteroatoms. The minimum absolute atomic E-state index is 0.0110. The van der Waals surface area contributed by atoms with E-state index in [1.807, 2.05) is 0 Å². The molecular weight excluding hydrogens is 262 g/mol. The van der Waals surface area contributed by atoms with Gasteiger partial charge in [-0.15, -0.1) is 0 Å². The Morgan fingerprint density at radius 2 is 2.35 bits per heavy atom. The number of nitrogens with zero attached hydrogens (tertiary/aromatic N) is 2. The highest BCUT2D eigenvalue weighted by molar-refractivity contribution is 5.97. The van der Waals surface area contributed by atoms with Crippen molar-refractivity contribution in [3.05, 3.63) is 24.4 Å². The molecule has 0 fully saturated rings. The number of aromatic nitrogens is 2. The fraction of sp³-hybridized carbons (Fsp3) is 0.250. The summed E-state index contributed by atoms with van der Waals surface area (Å²) >= 11 is 0. The smallest absolute Gasteiger partial charge is 0.262 e. The molecule has 20 heavy (non-hydrogen) atoms. The maximum atomic E-state index is 11.3. The third-order valence-corrected chi connectivity index (χ3v) is 2.86. The van der Waals surface area contributed by atoms with E-state index in [0.29, 0.717) is 35.9 Å². The van der Waals surface area contributed by atoms with Gasteiger partial charge in [-0.2, -0.15) is 4.98 Å². The molecule has 0 unspecified atom stereocenters. The molecule has 2 aromatic rings. The molecule has 1 aliphatic heterocycles. The van der Waals surface area contributed by atoms with Crippen LogP contribution in [0.1, 0.15) is 5.82 Å². The Morgan fingerprint density at radius 1 is 1.45 bits per heavy atom. The molecule has 8 nitrogen and oxygen atoms in total. The molecule has 0 radical (unpaired) electrons. The molecule has 104 valence electrons. The van der Waals surface area contributed by atoms with Crippen LogP contribution in [-0.2, 0) is 11.2 Å². The number of benzene rings is 1. The maximum absolute atomic E-state index is 11.3. The fourth-order valence-corrected chi connectivity index (χ4v) is 1.91. The summed E-state index contributed by atoms with van der Waals surface area (Å²) < 4.78 is 9.93. The summed E-state index contributed by atoms with van der Waals surface area (Å²) in [5.41, 5.74) is 7.81. The van der Waals surface area contributed by atoms with Crippen molar-refractivity contribution in [1.29, 1.82) is 0 Å². The molecule has 3 rings (SSSR count). The van der Waals surface area contributed by atoms with Crippen molar-refractivity contribution >= 4 is 23.0 Å². The largest absolute Gasteiger partial charge is 0.482 e. The molecule has 4 N–H and O–H groups in total. The third-order valence-electron chi connectivity index (χ3n) is 2.86. The number of fused-ring (bicyclic) bond motifs is 1. The van der Waals surface area contributed by atoms with E-state index in [1.54, 1.807) is 12.1 Å². The molecular formula is C12H13N5O3. The van der Waals surface area contributed by atoms with E-state index in [0.717, 1.165) is 5.69 Å². The molecule has 1 aromatic carbocycles. The number of amides is 1. The van der Waals surface area contributed by atoms with Crippen LogP contribution in [0.3, 0.4) is 0 Å². The maximum Gasteiger partial charge on any atom is 0.262 e. The average Bonchev–Trinajstić information content (AvgIpc) is 2.93. The zero-order valence-electron chi connectivity index (χ0n) is 10.5. The van der Waals surface area contributed by atoms with Gasteiger partial charge >= 0.3 is 0 Å². The lowest BCUT2D eigenvalue weighted by atomic mass is 10.2. The summed E-state index contributed by atoms with van der Waals surface area (Å²) in [4.78, 5) is 15.2. The number of ether oxygens (including phenoxy) is 1. The summed E-state index contributed by atoms with van der Waals surface area (Å²) in [7, 11) is 0. The van der Waals surface area contributed by atoms with Gasteiger partial charge in [0.2, 0.25) is 6.39 Å². The lowest BCUT2D eigenvalue weighted by molar-refractivity contribution is -0.118. The number of nitrogens with two attached hydrogens (primary N) is 1. The van der Waals surface area contributed by atoms with Crippen molar-refractivity contribution in [1.82, 2.24) is 10.1 Å². The van der Waals surface area contributed by atoms with Gasteiger partial charge in [0, 0.05) is 19.0 Å². The molecule has 1 aliphatic rings. The first-order chi connectivity index (χ1) is 9.72. The quantitative estimate of drug-likeness (QED) is 0.701. The Bertz CT molecular complexity index is 626. The highest BCUT2D eigenvalue weighted by Crippen LogP contribution is 2.35. The normalized spacial score (nSPS) is 13.3. The van der Waals surface area contributed by atoms with Crippen molar-refractivity contribution in [3.63, 3.8) is 0 Å². The molecule has 0 spiro atoms. The second-order valence-corrected chi connectivity index (χ2v) is 4.30. The minimum Gasteiger partial charge on any atom is -0.482 e. The van der Waals surface area contributed by atoms with Crippen LogP contribution in [0.5, 0.6) is 5.75 Å². The van der Waals surface area contributed by atoms with Crippen LogP contribution in [0.2, 0.25) is 0 Å². The molecule has 0 saturated heterocycles. The molecule has 0 bridgehead atoms. The summed E-state index contributed by atoms with van der Waals surface area (Å²) in [6.07, 6.45) is 1.89. The Hall–Kier alpha value is -2.77. The van der Waals surface area contributed by atoms with Crippen molar-refractivity contribution < 1.29 is 14.1 Å². The second kappa shape index (κ2) is 5.08. The van der Waals surface area contributed by atoms with Gasteiger partial charge in [0.1, 0.15) is 5.75 Å². The number of hydrogen-bond donors (Lipinski definition) is 3. The van der Waals surface area contributed by atoms with Crippen LogP contribution in [0.15, 0.2) is 23.0 Å². The number of nitrogens with one attached hydrogen (secondary N) is 2. The summed E-state index contributed by atoms with van der Waals surface area (Å²) in [5.74, 6) is 1.01. The summed E-state index contributed by atoms with van der Waals surface area (Å²) in [6.45, 7) is 0.606. The topological polar surface area (TPSA) is 115 Å². The molecule has 1 aromatic heterocycles. The van der Waals surface area contributed by atoms with Gasteiger partial charge in [-0.3, -0.25) is 4.79 Å². The van der Waals surface area contributed by atoms with E-state index in [9.17, 15) is 4.79 Å². The molecule has 2 heterocycles. The summed E-state index contributed by atoms with van der Waals surface area (Å²) in [5, 5.41) is 9.61. The van der Waals surface area contributed by atoms with Crippen LogP contribution in [-0.4, -0.2) is 29.2 Å². The monoisotopic (exact) mass is 275 g/mol. The SMILES string of the molecule is Nc1cc2c(cc1NCCc1ncon1)NC(=O)CO2. The third kappa shape index (κ3) is 2.48. The van der Waals surface area contributed by atoms with Gasteiger partial charge < -0.3 is 25.6 Å². The van der Waals surface area contributed by atoms with Crippen molar-refractivity contribution in [2.24, 2.45) is 0 Å². The van der Waals surface area contributed by atoms with Gasteiger partial charge in [0.05, 0.1) is 17.1 Å². The first-order valence-corrected chi connectivity index (χ1v) is 6.07. The minimum atomic E-state index is -0.181. The highest BCUT2D eigenvalue weighted by Gasteiger charge is 2.17. The van der Waals surface area contributed by atoms with Crippen molar-refractivity contribution in [3.8, 4) is 5.75 Å². The van der Waals surface area contributed by atoms with E-state index in [-0.39, 0.29) is 12.5 Å². The van der Waals surface area contributed by atoms with E-state index in [1.165, 1.54) is 6.39 Å². The molecule has 0 saturated carbocycles. The number of hydrogen-bond acceptors (Lipinski definition) is 7. The molecule has 0 atom stereocenters. The van der Waals surface area contributed by atoms with Crippen molar-refractivity contribution in [2.45, 2.75) is 6.42 Å². The van der Waals surface area contributed by atoms with E-state index < -0.39 is 0 Å². The molecule has 1 amide bonds. The lowest BCUT2D eigenvalue weighted by Crippen LogP contribution is -2.25. The Morgan fingerprint density at radius 3 is 3.15 bits per heavy atom. The fourth-order valence-electron chi connectivity index (χ4n) is 1.91. The van der Waals surface area contributed by atoms with E-state index in [4.69, 9.17) is 10.5 Å². The zero-order chi connectivity index (χ0) is 13.9. The summed E-state index contributed by atoms with van der Waals surface area (Å²) in [6, 6.07) is 3.43. The van der Waals surface area contributed by atoms with Gasteiger partial charge in [-0.05, 0) is 6.07 Å².